The lowest BCUT2D eigenvalue weighted by molar-refractivity contribution is -0.128. The molecule has 36 heavy (non-hydrogen) atoms. The number of piperidine rings is 1. The average molecular weight is 499 g/mol. The van der Waals surface area contributed by atoms with E-state index in [0.717, 1.165) is 5.56 Å². The molecule has 4 amide bonds. The molecule has 1 atom stereocenters. The van der Waals surface area contributed by atoms with Gasteiger partial charge in [0.2, 0.25) is 11.8 Å². The van der Waals surface area contributed by atoms with E-state index in [1.54, 1.807) is 50.5 Å². The monoisotopic (exact) mass is 498 g/mol. The molecule has 0 spiro atoms. The summed E-state index contributed by atoms with van der Waals surface area (Å²) in [5.41, 5.74) is 1.48. The number of methoxy groups -OCH3 is 3. The van der Waals surface area contributed by atoms with E-state index in [-0.39, 0.29) is 23.9 Å². The second-order valence-corrected chi connectivity index (χ2v) is 8.58. The van der Waals surface area contributed by atoms with Crippen LogP contribution in [0.5, 0.6) is 17.2 Å². The van der Waals surface area contributed by atoms with Crippen LogP contribution in [-0.4, -0.2) is 69.2 Å². The van der Waals surface area contributed by atoms with Crippen molar-refractivity contribution < 1.29 is 28.6 Å². The van der Waals surface area contributed by atoms with Crippen molar-refractivity contribution in [3.63, 3.8) is 0 Å². The molecule has 1 heterocycles. The number of hydrogen-bond acceptors (Lipinski definition) is 6. The molecule has 0 aliphatic carbocycles. The number of urea groups is 1. The highest BCUT2D eigenvalue weighted by atomic mass is 16.5. The summed E-state index contributed by atoms with van der Waals surface area (Å²) in [5.74, 6) is 1.25. The Bertz CT molecular complexity index is 1070. The topological polar surface area (TPSA) is 118 Å². The van der Waals surface area contributed by atoms with Gasteiger partial charge in [0.15, 0.2) is 11.5 Å². The lowest BCUT2D eigenvalue weighted by Gasteiger charge is -2.33. The van der Waals surface area contributed by atoms with Crippen LogP contribution >= 0.6 is 0 Å². The van der Waals surface area contributed by atoms with Crippen LogP contribution in [0.4, 0.5) is 10.5 Å². The van der Waals surface area contributed by atoms with Gasteiger partial charge in [-0.05, 0) is 42.7 Å². The minimum atomic E-state index is -0.741. The Balaban J connectivity index is 1.55. The number of carbonyl (C=O) groups excluding carboxylic acids is 3. The van der Waals surface area contributed by atoms with E-state index in [1.165, 1.54) is 6.92 Å². The van der Waals surface area contributed by atoms with Gasteiger partial charge in [-0.3, -0.25) is 9.59 Å². The van der Waals surface area contributed by atoms with Crippen molar-refractivity contribution in [1.29, 1.82) is 0 Å². The fourth-order valence-corrected chi connectivity index (χ4v) is 4.13. The first-order chi connectivity index (χ1) is 17.3. The van der Waals surface area contributed by atoms with Crippen molar-refractivity contribution in [2.75, 3.05) is 39.7 Å². The van der Waals surface area contributed by atoms with E-state index < -0.39 is 6.04 Å². The fourth-order valence-electron chi connectivity index (χ4n) is 4.13. The maximum absolute atomic E-state index is 13.1. The third-order valence-corrected chi connectivity index (χ3v) is 6.03. The number of hydrogen-bond donors (Lipinski definition) is 3. The normalized spacial score (nSPS) is 14.4. The number of amides is 4. The summed E-state index contributed by atoms with van der Waals surface area (Å²) in [6, 6.07) is 11.5. The molecule has 0 aromatic heterocycles. The Kier molecular flexibility index (Phi) is 9.38. The van der Waals surface area contributed by atoms with E-state index in [9.17, 15) is 14.4 Å². The number of nitrogens with one attached hydrogen (secondary N) is 3. The summed E-state index contributed by atoms with van der Waals surface area (Å²) in [6.45, 7) is 2.39. The summed E-state index contributed by atoms with van der Waals surface area (Å²) in [5, 5.41) is 8.65. The zero-order chi connectivity index (χ0) is 26.1. The molecule has 1 saturated heterocycles. The van der Waals surface area contributed by atoms with Crippen LogP contribution in [0.3, 0.4) is 0 Å². The van der Waals surface area contributed by atoms with Crippen molar-refractivity contribution in [2.24, 2.45) is 0 Å². The Morgan fingerprint density at radius 3 is 2.33 bits per heavy atom. The third kappa shape index (κ3) is 7.27. The molecule has 0 radical (unpaired) electrons. The van der Waals surface area contributed by atoms with Gasteiger partial charge >= 0.3 is 6.03 Å². The van der Waals surface area contributed by atoms with Crippen molar-refractivity contribution in [2.45, 2.75) is 38.3 Å². The number of carbonyl (C=O) groups is 3. The molecule has 1 aliphatic rings. The summed E-state index contributed by atoms with van der Waals surface area (Å²) < 4.78 is 15.8. The molecule has 2 aromatic carbocycles. The number of likely N-dealkylation sites (tertiary alicyclic amines) is 1. The molecule has 10 nitrogen and oxygen atoms in total. The van der Waals surface area contributed by atoms with Crippen molar-refractivity contribution in [3.05, 3.63) is 48.0 Å². The molecule has 194 valence electrons. The second-order valence-electron chi connectivity index (χ2n) is 8.58. The smallest absolute Gasteiger partial charge is 0.321 e. The van der Waals surface area contributed by atoms with E-state index in [4.69, 9.17) is 14.2 Å². The maximum Gasteiger partial charge on any atom is 0.321 e. The summed E-state index contributed by atoms with van der Waals surface area (Å²) in [6.07, 6.45) is 1.52. The zero-order valence-corrected chi connectivity index (χ0v) is 21.1. The minimum Gasteiger partial charge on any atom is -0.497 e. The van der Waals surface area contributed by atoms with E-state index in [0.29, 0.717) is 55.3 Å². The molecule has 1 aliphatic heterocycles. The van der Waals surface area contributed by atoms with E-state index in [2.05, 4.69) is 16.0 Å². The predicted octanol–water partition coefficient (Wildman–Crippen LogP) is 2.57. The highest BCUT2D eigenvalue weighted by molar-refractivity contribution is 5.90. The molecular formula is C26H34N4O6. The van der Waals surface area contributed by atoms with Gasteiger partial charge < -0.3 is 35.1 Å². The third-order valence-electron chi connectivity index (χ3n) is 6.03. The summed E-state index contributed by atoms with van der Waals surface area (Å²) >= 11 is 0. The molecule has 2 aromatic rings. The SMILES string of the molecule is COc1cccc(NC(=O)N2CCC(NC(=O)[C@@H](Cc3ccc(OC)c(OC)c3)NC(C)=O)CC2)c1. The van der Waals surface area contributed by atoms with E-state index >= 15 is 0 Å². The number of nitrogens with zero attached hydrogens (tertiary/aromatic N) is 1. The Hall–Kier alpha value is -3.95. The first kappa shape index (κ1) is 26.7. The lowest BCUT2D eigenvalue weighted by Crippen LogP contribution is -2.53. The van der Waals surface area contributed by atoms with Gasteiger partial charge in [0, 0.05) is 44.2 Å². The van der Waals surface area contributed by atoms with Gasteiger partial charge in [-0.15, -0.1) is 0 Å². The molecule has 0 saturated carbocycles. The molecular weight excluding hydrogens is 464 g/mol. The Labute approximate surface area is 211 Å². The fraction of sp³-hybridized carbons (Fsp3) is 0.423. The van der Waals surface area contributed by atoms with Crippen LogP contribution in [0.2, 0.25) is 0 Å². The van der Waals surface area contributed by atoms with Crippen LogP contribution in [0.15, 0.2) is 42.5 Å². The molecule has 0 bridgehead atoms. The zero-order valence-electron chi connectivity index (χ0n) is 21.1. The Morgan fingerprint density at radius 2 is 1.69 bits per heavy atom. The Morgan fingerprint density at radius 1 is 0.972 bits per heavy atom. The molecule has 1 fully saturated rings. The van der Waals surface area contributed by atoms with E-state index in [1.807, 2.05) is 18.2 Å². The molecule has 10 heteroatoms. The van der Waals surface area contributed by atoms with Crippen molar-refractivity contribution in [1.82, 2.24) is 15.5 Å². The number of anilines is 1. The highest BCUT2D eigenvalue weighted by Gasteiger charge is 2.27. The van der Waals surface area contributed by atoms with Crippen LogP contribution in [0.25, 0.3) is 0 Å². The summed E-state index contributed by atoms with van der Waals surface area (Å²) in [7, 11) is 4.67. The van der Waals surface area contributed by atoms with Crippen LogP contribution in [0.1, 0.15) is 25.3 Å². The first-order valence-electron chi connectivity index (χ1n) is 11.8. The minimum absolute atomic E-state index is 0.0972. The average Bonchev–Trinajstić information content (AvgIpc) is 2.88. The van der Waals surface area contributed by atoms with Gasteiger partial charge in [-0.25, -0.2) is 4.79 Å². The van der Waals surface area contributed by atoms with Gasteiger partial charge in [0.25, 0.3) is 0 Å². The van der Waals surface area contributed by atoms with Gasteiger partial charge in [0.05, 0.1) is 21.3 Å². The maximum atomic E-state index is 13.1. The van der Waals surface area contributed by atoms with Crippen LogP contribution in [0, 0.1) is 0 Å². The number of benzene rings is 2. The highest BCUT2D eigenvalue weighted by Crippen LogP contribution is 2.28. The van der Waals surface area contributed by atoms with Gasteiger partial charge in [-0.1, -0.05) is 12.1 Å². The van der Waals surface area contributed by atoms with Gasteiger partial charge in [0.1, 0.15) is 11.8 Å². The van der Waals surface area contributed by atoms with Crippen LogP contribution in [-0.2, 0) is 16.0 Å². The number of ether oxygens (including phenoxy) is 3. The summed E-state index contributed by atoms with van der Waals surface area (Å²) in [4.78, 5) is 39.2. The quantitative estimate of drug-likeness (QED) is 0.489. The van der Waals surface area contributed by atoms with Crippen molar-refractivity contribution >= 4 is 23.5 Å². The number of rotatable bonds is 9. The second kappa shape index (κ2) is 12.7. The first-order valence-corrected chi connectivity index (χ1v) is 11.8. The lowest BCUT2D eigenvalue weighted by atomic mass is 10.0. The van der Waals surface area contributed by atoms with Crippen LogP contribution < -0.4 is 30.2 Å². The molecule has 0 unspecified atom stereocenters. The largest absolute Gasteiger partial charge is 0.497 e. The van der Waals surface area contributed by atoms with Gasteiger partial charge in [-0.2, -0.15) is 0 Å². The molecule has 3 rings (SSSR count). The standard InChI is InChI=1S/C26H34N4O6/c1-17(31)27-22(14-18-8-9-23(35-3)24(15-18)36-4)25(32)28-19-10-12-30(13-11-19)26(33)29-20-6-5-7-21(16-20)34-2/h5-9,15-16,19,22H,10-14H2,1-4H3,(H,27,31)(H,28,32)(H,29,33)/t22-/m1/s1. The molecule has 3 N–H and O–H groups in total. The predicted molar refractivity (Wildman–Crippen MR) is 136 cm³/mol. The van der Waals surface area contributed by atoms with Crippen molar-refractivity contribution in [3.8, 4) is 17.2 Å².